The van der Waals surface area contributed by atoms with Crippen LogP contribution in [0.3, 0.4) is 0 Å². The second-order valence-electron chi connectivity index (χ2n) is 3.87. The molecule has 0 spiro atoms. The maximum absolute atomic E-state index is 12.5. The molecule has 0 aromatic rings. The first-order valence-electron chi connectivity index (χ1n) is 5.64. The van der Waals surface area contributed by atoms with Crippen molar-refractivity contribution in [1.82, 2.24) is 5.32 Å². The number of alkyl halides is 5. The van der Waals surface area contributed by atoms with Gasteiger partial charge in [-0.15, -0.1) is 0 Å². The Morgan fingerprint density at radius 1 is 1.38 bits per heavy atom. The van der Waals surface area contributed by atoms with Gasteiger partial charge >= 0.3 is 144 Å². The van der Waals surface area contributed by atoms with Crippen LogP contribution in [0.5, 0.6) is 0 Å². The summed E-state index contributed by atoms with van der Waals surface area (Å²) < 4.78 is 40.3. The van der Waals surface area contributed by atoms with Gasteiger partial charge in [0.05, 0.1) is 0 Å². The molecule has 0 aliphatic heterocycles. The molecule has 0 saturated carbocycles. The monoisotopic (exact) mass is 501 g/mol. The molecule has 0 atom stereocenters. The third-order valence-corrected chi connectivity index (χ3v) is 6.05. The number of halogens is 6. The van der Waals surface area contributed by atoms with Crippen LogP contribution >= 0.6 is 47.4 Å². The Morgan fingerprint density at radius 3 is 2.38 bits per heavy atom. The van der Waals surface area contributed by atoms with Crippen molar-refractivity contribution < 1.29 is 13.2 Å². The van der Waals surface area contributed by atoms with Gasteiger partial charge in [-0.2, -0.15) is 0 Å². The van der Waals surface area contributed by atoms with E-state index < -0.39 is 31.7 Å². The van der Waals surface area contributed by atoms with Crippen molar-refractivity contribution in [3.8, 4) is 0 Å². The van der Waals surface area contributed by atoms with E-state index in [2.05, 4.69) is 31.2 Å². The van der Waals surface area contributed by atoms with Crippen molar-refractivity contribution in [3.63, 3.8) is 0 Å². The number of hydrogen-bond donors (Lipinski definition) is 1. The van der Waals surface area contributed by atoms with E-state index in [0.717, 1.165) is 17.6 Å². The van der Waals surface area contributed by atoms with Crippen LogP contribution in [0.1, 0.15) is 13.8 Å². The summed E-state index contributed by atoms with van der Waals surface area (Å²) in [7, 11) is 1.13. The van der Waals surface area contributed by atoms with E-state index in [-0.39, 0.29) is 0 Å². The standard InChI is InChI=1S/C12H17BrClF3IN3/c1-8(13)11(14)21-9(2)20-7-18(3)6-5-10(19-4)12(15,16)17/h5-6H,7H2,1-4H3,(H,20,21)/b6-5-,11-8+,19-10?. The van der Waals surface area contributed by atoms with Crippen LogP contribution in [0.2, 0.25) is 0 Å². The number of rotatable bonds is 5. The van der Waals surface area contributed by atoms with E-state index in [1.807, 2.05) is 4.93 Å². The molecule has 122 valence electrons. The minimum absolute atomic E-state index is 0.431. The van der Waals surface area contributed by atoms with Crippen LogP contribution in [0.15, 0.2) is 29.8 Å². The first kappa shape index (κ1) is 20.9. The van der Waals surface area contributed by atoms with E-state index in [9.17, 15) is 13.2 Å². The molecule has 0 rings (SSSR count). The average molecular weight is 503 g/mol. The molecule has 0 aliphatic carbocycles. The number of allylic oxidation sites excluding steroid dienone is 2. The molecule has 0 fully saturated rings. The third kappa shape index (κ3) is 9.51. The van der Waals surface area contributed by atoms with E-state index in [1.54, 1.807) is 17.9 Å². The van der Waals surface area contributed by atoms with Gasteiger partial charge < -0.3 is 0 Å². The SMILES string of the molecule is CN=C(/C=C\I(C)CN=C(C)N/C(Cl)=C(\C)Br)C(F)(F)F. The van der Waals surface area contributed by atoms with Crippen molar-refractivity contribution in [1.29, 1.82) is 0 Å². The molecule has 0 aromatic heterocycles. The fourth-order valence-corrected chi connectivity index (χ4v) is 3.44. The Kier molecular flexibility index (Phi) is 9.79. The summed E-state index contributed by atoms with van der Waals surface area (Å²) in [4.78, 5) is 9.44. The Bertz CT molecular complexity index is 469. The van der Waals surface area contributed by atoms with E-state index >= 15 is 0 Å². The predicted octanol–water partition coefficient (Wildman–Crippen LogP) is 5.06. The molecule has 0 amide bonds. The molecular formula is C12H17BrClF3IN3. The van der Waals surface area contributed by atoms with Gasteiger partial charge in [0.2, 0.25) is 0 Å². The Morgan fingerprint density at radius 2 is 1.95 bits per heavy atom. The molecule has 0 aromatic carbocycles. The quantitative estimate of drug-likeness (QED) is 0.184. The Balaban J connectivity index is 4.58. The van der Waals surface area contributed by atoms with Crippen molar-refractivity contribution in [2.75, 3.05) is 16.5 Å². The predicted molar refractivity (Wildman–Crippen MR) is 97.1 cm³/mol. The minimum atomic E-state index is -4.41. The van der Waals surface area contributed by atoms with E-state index in [1.165, 1.54) is 0 Å². The summed E-state index contributed by atoms with van der Waals surface area (Å²) in [6, 6.07) is 0. The van der Waals surface area contributed by atoms with Crippen LogP contribution in [0, 0.1) is 0 Å². The van der Waals surface area contributed by atoms with Crippen LogP contribution in [0.4, 0.5) is 13.2 Å². The van der Waals surface area contributed by atoms with Crippen LogP contribution in [-0.2, 0) is 0 Å². The number of aliphatic imine (C=N–C) groups is 2. The Labute approximate surface area is 143 Å². The molecule has 1 N–H and O–H groups in total. The first-order chi connectivity index (χ1) is 9.57. The molecule has 21 heavy (non-hydrogen) atoms. The molecule has 0 unspecified atom stereocenters. The average Bonchev–Trinajstić information content (AvgIpc) is 2.35. The summed E-state index contributed by atoms with van der Waals surface area (Å²) in [5.74, 6) is 0.622. The first-order valence-corrected chi connectivity index (χ1v) is 11.7. The van der Waals surface area contributed by atoms with Gasteiger partial charge in [-0.3, -0.25) is 0 Å². The summed E-state index contributed by atoms with van der Waals surface area (Å²) in [5, 5.41) is 3.31. The Hall–Kier alpha value is -0.0900. The fraction of sp³-hybridized carbons (Fsp3) is 0.500. The summed E-state index contributed by atoms with van der Waals surface area (Å²) >= 11 is 7.42. The molecule has 9 heteroatoms. The molecule has 0 radical (unpaired) electrons. The van der Waals surface area contributed by atoms with Gasteiger partial charge in [0.25, 0.3) is 0 Å². The van der Waals surface area contributed by atoms with Gasteiger partial charge in [-0.1, -0.05) is 0 Å². The zero-order valence-electron chi connectivity index (χ0n) is 12.0. The van der Waals surface area contributed by atoms with E-state index in [0.29, 0.717) is 15.5 Å². The van der Waals surface area contributed by atoms with E-state index in [4.69, 9.17) is 11.6 Å². The van der Waals surface area contributed by atoms with Crippen LogP contribution < -0.4 is 5.32 Å². The normalized spacial score (nSPS) is 16.1. The zero-order valence-corrected chi connectivity index (χ0v) is 16.5. The summed E-state index contributed by atoms with van der Waals surface area (Å²) in [6.45, 7) is 3.53. The van der Waals surface area contributed by atoms with Crippen molar-refractivity contribution in [2.45, 2.75) is 20.0 Å². The number of nitrogens with zero attached hydrogens (tertiary/aromatic N) is 2. The number of amidine groups is 1. The number of nitrogens with one attached hydrogen (secondary N) is 1. The van der Waals surface area contributed by atoms with Crippen molar-refractivity contribution >= 4 is 58.9 Å². The molecule has 3 nitrogen and oxygen atoms in total. The van der Waals surface area contributed by atoms with Gasteiger partial charge in [-0.05, 0) is 0 Å². The molecule has 0 aliphatic rings. The fourth-order valence-electron chi connectivity index (χ4n) is 0.971. The van der Waals surface area contributed by atoms with Gasteiger partial charge in [0.15, 0.2) is 0 Å². The molecule has 0 saturated heterocycles. The maximum atomic E-state index is 12.5. The molecular weight excluding hydrogens is 485 g/mol. The summed E-state index contributed by atoms with van der Waals surface area (Å²) in [6.07, 6.45) is -3.37. The second kappa shape index (κ2) is 9.83. The third-order valence-electron chi connectivity index (χ3n) is 2.05. The zero-order chi connectivity index (χ0) is 16.6. The van der Waals surface area contributed by atoms with Crippen molar-refractivity contribution in [3.05, 3.63) is 19.8 Å². The number of hydrogen-bond acceptors (Lipinski definition) is 2. The van der Waals surface area contributed by atoms with Crippen molar-refractivity contribution in [2.24, 2.45) is 9.98 Å². The van der Waals surface area contributed by atoms with Crippen LogP contribution in [-0.4, -0.2) is 34.3 Å². The molecule has 0 heterocycles. The summed E-state index contributed by atoms with van der Waals surface area (Å²) in [5.41, 5.74) is -0.869. The van der Waals surface area contributed by atoms with Crippen LogP contribution in [0.25, 0.3) is 0 Å². The second-order valence-corrected chi connectivity index (χ2v) is 10.5. The van der Waals surface area contributed by atoms with Gasteiger partial charge in [0.1, 0.15) is 0 Å². The topological polar surface area (TPSA) is 36.8 Å². The molecule has 0 bridgehead atoms. The van der Waals surface area contributed by atoms with Gasteiger partial charge in [0, 0.05) is 0 Å². The van der Waals surface area contributed by atoms with Gasteiger partial charge in [-0.25, -0.2) is 0 Å².